The van der Waals surface area contributed by atoms with Gasteiger partial charge in [0.1, 0.15) is 10.6 Å². The van der Waals surface area contributed by atoms with Crippen LogP contribution in [0.4, 0.5) is 4.79 Å². The van der Waals surface area contributed by atoms with Crippen LogP contribution in [0.5, 0.6) is 0 Å². The van der Waals surface area contributed by atoms with Crippen LogP contribution in [0.1, 0.15) is 43.0 Å². The summed E-state index contributed by atoms with van der Waals surface area (Å²) in [6.07, 6.45) is 0.621. The monoisotopic (exact) mass is 374 g/mol. The van der Waals surface area contributed by atoms with Crippen molar-refractivity contribution in [3.05, 3.63) is 40.2 Å². The van der Waals surface area contributed by atoms with Gasteiger partial charge in [-0.05, 0) is 19.3 Å². The SMILES string of the molecule is Cc1sc(C2(O)CCN(C(=O)O)C(CC(C)C)C2)nc1-c1ccccc1. The number of aryl methyl sites for hydroxylation is 1. The lowest BCUT2D eigenvalue weighted by molar-refractivity contribution is -0.0487. The summed E-state index contributed by atoms with van der Waals surface area (Å²) >= 11 is 1.52. The maximum absolute atomic E-state index is 11.6. The molecule has 5 nitrogen and oxygen atoms in total. The van der Waals surface area contributed by atoms with Crippen molar-refractivity contribution in [2.24, 2.45) is 5.92 Å². The average molecular weight is 375 g/mol. The number of carboxylic acid groups (broad SMARTS) is 1. The fourth-order valence-corrected chi connectivity index (χ4v) is 4.81. The lowest BCUT2D eigenvalue weighted by atomic mass is 9.83. The predicted octanol–water partition coefficient (Wildman–Crippen LogP) is 4.49. The average Bonchev–Trinajstić information content (AvgIpc) is 2.97. The first kappa shape index (κ1) is 18.9. The second kappa shape index (κ2) is 7.37. The Morgan fingerprint density at radius 3 is 2.69 bits per heavy atom. The fourth-order valence-electron chi connectivity index (χ4n) is 3.75. The molecule has 140 valence electrons. The molecule has 2 unspecified atom stereocenters. The van der Waals surface area contributed by atoms with E-state index in [0.29, 0.717) is 30.3 Å². The highest BCUT2D eigenvalue weighted by atomic mass is 32.1. The fraction of sp³-hybridized carbons (Fsp3) is 0.500. The summed E-state index contributed by atoms with van der Waals surface area (Å²) in [6, 6.07) is 9.78. The minimum absolute atomic E-state index is 0.185. The molecule has 0 radical (unpaired) electrons. The van der Waals surface area contributed by atoms with Gasteiger partial charge < -0.3 is 15.1 Å². The number of likely N-dealkylation sites (tertiary alicyclic amines) is 1. The van der Waals surface area contributed by atoms with Gasteiger partial charge in [-0.1, -0.05) is 44.2 Å². The van der Waals surface area contributed by atoms with Crippen LogP contribution < -0.4 is 0 Å². The maximum Gasteiger partial charge on any atom is 0.407 e. The molecule has 1 fully saturated rings. The zero-order valence-electron chi connectivity index (χ0n) is 15.5. The number of hydrogen-bond donors (Lipinski definition) is 2. The van der Waals surface area contributed by atoms with Gasteiger partial charge in [0, 0.05) is 35.9 Å². The van der Waals surface area contributed by atoms with Crippen molar-refractivity contribution in [1.82, 2.24) is 9.88 Å². The Morgan fingerprint density at radius 1 is 1.38 bits per heavy atom. The molecule has 1 aliphatic heterocycles. The molecule has 1 saturated heterocycles. The highest BCUT2D eigenvalue weighted by Crippen LogP contribution is 2.41. The van der Waals surface area contributed by atoms with Crippen LogP contribution in [0.15, 0.2) is 30.3 Å². The molecule has 2 atom stereocenters. The van der Waals surface area contributed by atoms with Crippen molar-refractivity contribution in [3.63, 3.8) is 0 Å². The number of aromatic nitrogens is 1. The van der Waals surface area contributed by atoms with Gasteiger partial charge in [0.15, 0.2) is 0 Å². The van der Waals surface area contributed by atoms with E-state index in [9.17, 15) is 15.0 Å². The molecule has 6 heteroatoms. The number of rotatable bonds is 4. The Hall–Kier alpha value is -1.92. The van der Waals surface area contributed by atoms with Crippen LogP contribution in [0.25, 0.3) is 11.3 Å². The number of piperidine rings is 1. The molecule has 2 heterocycles. The van der Waals surface area contributed by atoms with E-state index in [1.165, 1.54) is 16.2 Å². The van der Waals surface area contributed by atoms with Gasteiger partial charge in [-0.15, -0.1) is 11.3 Å². The molecule has 2 aromatic rings. The summed E-state index contributed by atoms with van der Waals surface area (Å²) in [5.41, 5.74) is 0.881. The quantitative estimate of drug-likeness (QED) is 0.827. The van der Waals surface area contributed by atoms with E-state index in [-0.39, 0.29) is 6.04 Å². The van der Waals surface area contributed by atoms with Crippen LogP contribution in [-0.2, 0) is 5.60 Å². The highest BCUT2D eigenvalue weighted by molar-refractivity contribution is 7.12. The van der Waals surface area contributed by atoms with Gasteiger partial charge in [0.25, 0.3) is 0 Å². The third-order valence-corrected chi connectivity index (χ3v) is 6.18. The summed E-state index contributed by atoms with van der Waals surface area (Å²) in [5, 5.41) is 21.5. The number of aliphatic hydroxyl groups is 1. The predicted molar refractivity (Wildman–Crippen MR) is 103 cm³/mol. The van der Waals surface area contributed by atoms with Gasteiger partial charge >= 0.3 is 6.09 Å². The molecule has 0 saturated carbocycles. The summed E-state index contributed by atoms with van der Waals surface area (Å²) in [7, 11) is 0. The van der Waals surface area contributed by atoms with E-state index in [2.05, 4.69) is 13.8 Å². The minimum Gasteiger partial charge on any atom is -0.465 e. The van der Waals surface area contributed by atoms with Crippen molar-refractivity contribution in [2.45, 2.75) is 51.7 Å². The van der Waals surface area contributed by atoms with Gasteiger partial charge in [-0.2, -0.15) is 0 Å². The lowest BCUT2D eigenvalue weighted by Crippen LogP contribution is -2.51. The van der Waals surface area contributed by atoms with E-state index < -0.39 is 11.7 Å². The smallest absolute Gasteiger partial charge is 0.407 e. The Labute approximate surface area is 158 Å². The summed E-state index contributed by atoms with van der Waals surface area (Å²) in [6.45, 7) is 6.51. The standard InChI is InChI=1S/C20H26N2O3S/c1-13(2)11-16-12-20(25,9-10-22(16)19(23)24)18-21-17(14(3)26-18)15-7-5-4-6-8-15/h4-8,13,16,25H,9-12H2,1-3H3,(H,23,24). The van der Waals surface area contributed by atoms with Crippen molar-refractivity contribution < 1.29 is 15.0 Å². The number of nitrogens with zero attached hydrogens (tertiary/aromatic N) is 2. The van der Waals surface area contributed by atoms with E-state index >= 15 is 0 Å². The lowest BCUT2D eigenvalue weighted by Gasteiger charge is -2.42. The number of amides is 1. The molecule has 1 amide bonds. The highest BCUT2D eigenvalue weighted by Gasteiger charge is 2.43. The maximum atomic E-state index is 11.6. The Kier molecular flexibility index (Phi) is 5.34. The topological polar surface area (TPSA) is 73.7 Å². The normalized spacial score (nSPS) is 23.4. The minimum atomic E-state index is -1.06. The third kappa shape index (κ3) is 3.76. The molecule has 26 heavy (non-hydrogen) atoms. The number of hydrogen-bond acceptors (Lipinski definition) is 4. The third-order valence-electron chi connectivity index (χ3n) is 5.01. The molecule has 3 rings (SSSR count). The van der Waals surface area contributed by atoms with Crippen molar-refractivity contribution >= 4 is 17.4 Å². The second-order valence-corrected chi connectivity index (χ2v) is 8.74. The van der Waals surface area contributed by atoms with Crippen molar-refractivity contribution in [3.8, 4) is 11.3 Å². The van der Waals surface area contributed by atoms with Crippen LogP contribution >= 0.6 is 11.3 Å². The van der Waals surface area contributed by atoms with E-state index in [1.807, 2.05) is 37.3 Å². The largest absolute Gasteiger partial charge is 0.465 e. The number of thiazole rings is 1. The molecule has 0 spiro atoms. The molecule has 0 aliphatic carbocycles. The van der Waals surface area contributed by atoms with Gasteiger partial charge in [0.2, 0.25) is 0 Å². The molecule has 1 aliphatic rings. The first-order valence-electron chi connectivity index (χ1n) is 9.05. The van der Waals surface area contributed by atoms with Crippen molar-refractivity contribution in [1.29, 1.82) is 0 Å². The number of benzene rings is 1. The van der Waals surface area contributed by atoms with Crippen LogP contribution in [0.3, 0.4) is 0 Å². The molecule has 1 aromatic carbocycles. The Balaban J connectivity index is 1.90. The zero-order chi connectivity index (χ0) is 18.9. The summed E-state index contributed by atoms with van der Waals surface area (Å²) in [4.78, 5) is 18.9. The Bertz CT molecular complexity index is 775. The molecule has 0 bridgehead atoms. The summed E-state index contributed by atoms with van der Waals surface area (Å²) < 4.78 is 0. The second-order valence-electron chi connectivity index (χ2n) is 7.53. The van der Waals surface area contributed by atoms with Crippen LogP contribution in [0, 0.1) is 12.8 Å². The van der Waals surface area contributed by atoms with Gasteiger partial charge in [0.05, 0.1) is 5.69 Å². The van der Waals surface area contributed by atoms with Crippen LogP contribution in [0.2, 0.25) is 0 Å². The molecule has 1 aromatic heterocycles. The molecular weight excluding hydrogens is 348 g/mol. The Morgan fingerprint density at radius 2 is 2.08 bits per heavy atom. The first-order valence-corrected chi connectivity index (χ1v) is 9.87. The van der Waals surface area contributed by atoms with Gasteiger partial charge in [-0.3, -0.25) is 0 Å². The van der Waals surface area contributed by atoms with Gasteiger partial charge in [-0.25, -0.2) is 9.78 Å². The van der Waals surface area contributed by atoms with E-state index in [1.54, 1.807) is 0 Å². The number of carbonyl (C=O) groups is 1. The summed E-state index contributed by atoms with van der Waals surface area (Å²) in [5.74, 6) is 0.363. The zero-order valence-corrected chi connectivity index (χ0v) is 16.3. The van der Waals surface area contributed by atoms with Crippen molar-refractivity contribution in [2.75, 3.05) is 6.54 Å². The molecule has 2 N–H and O–H groups in total. The van der Waals surface area contributed by atoms with E-state index in [4.69, 9.17) is 4.98 Å². The van der Waals surface area contributed by atoms with Crippen LogP contribution in [-0.4, -0.2) is 38.8 Å². The molecular formula is C20H26N2O3S. The first-order chi connectivity index (χ1) is 12.3. The van der Waals surface area contributed by atoms with E-state index in [0.717, 1.165) is 22.6 Å².